The molecule has 0 bridgehead atoms. The molecule has 1 aliphatic rings. The molecule has 1 aliphatic carbocycles. The summed E-state index contributed by atoms with van der Waals surface area (Å²) < 4.78 is 0. The largest absolute Gasteiger partial charge is 1.00 e. The Hall–Kier alpha value is -0.380. The number of rotatable bonds is 0. The van der Waals surface area contributed by atoms with Crippen LogP contribution in [0, 0.1) is 16.0 Å². The SMILES string of the molecule is CC(C)(C)C1=CC(=N[O-])C=C(C(C)(C)C)C1=O.[Na+]. The number of Topliss-reactive ketones (excluding diaryl/α,β-unsaturated/α-hetero) is 1. The van der Waals surface area contributed by atoms with Crippen molar-refractivity contribution in [2.75, 3.05) is 0 Å². The van der Waals surface area contributed by atoms with Gasteiger partial charge in [-0.15, -0.1) is 0 Å². The van der Waals surface area contributed by atoms with Gasteiger partial charge in [-0.2, -0.15) is 0 Å². The number of hydrogen-bond donors (Lipinski definition) is 0. The molecule has 0 unspecified atom stereocenters. The topological polar surface area (TPSA) is 52.5 Å². The molecule has 3 nitrogen and oxygen atoms in total. The molecule has 0 amide bonds. The van der Waals surface area contributed by atoms with Crippen molar-refractivity contribution in [1.29, 1.82) is 0 Å². The Kier molecular flexibility index (Phi) is 5.60. The summed E-state index contributed by atoms with van der Waals surface area (Å²) in [6.45, 7) is 11.8. The molecule has 0 aromatic carbocycles. The van der Waals surface area contributed by atoms with Gasteiger partial charge >= 0.3 is 29.6 Å². The second kappa shape index (κ2) is 5.72. The Labute approximate surface area is 131 Å². The van der Waals surface area contributed by atoms with Crippen molar-refractivity contribution in [3.63, 3.8) is 0 Å². The number of allylic oxidation sites excluding steroid dienone is 4. The van der Waals surface area contributed by atoms with Crippen LogP contribution in [0.4, 0.5) is 0 Å². The summed E-state index contributed by atoms with van der Waals surface area (Å²) in [7, 11) is 0. The first-order chi connectivity index (χ1) is 7.57. The maximum atomic E-state index is 12.4. The van der Waals surface area contributed by atoms with Crippen LogP contribution in [0.15, 0.2) is 28.5 Å². The summed E-state index contributed by atoms with van der Waals surface area (Å²) >= 11 is 0. The zero-order valence-corrected chi connectivity index (χ0v) is 14.4. The fraction of sp³-hybridized carbons (Fsp3) is 0.571. The minimum absolute atomic E-state index is 0. The van der Waals surface area contributed by atoms with Gasteiger partial charge in [0, 0.05) is 11.1 Å². The summed E-state index contributed by atoms with van der Waals surface area (Å²) in [6.07, 6.45) is 3.20. The van der Waals surface area contributed by atoms with Gasteiger partial charge in [0.15, 0.2) is 5.78 Å². The third-order valence-electron chi connectivity index (χ3n) is 2.80. The second-order valence-electron chi connectivity index (χ2n) is 6.46. The first kappa shape index (κ1) is 17.6. The van der Waals surface area contributed by atoms with Crippen molar-refractivity contribution < 1.29 is 34.4 Å². The summed E-state index contributed by atoms with van der Waals surface area (Å²) in [5.41, 5.74) is 1.08. The number of carbonyl (C=O) groups is 1. The van der Waals surface area contributed by atoms with Crippen molar-refractivity contribution in [3.05, 3.63) is 28.5 Å². The van der Waals surface area contributed by atoms with Crippen LogP contribution in [-0.4, -0.2) is 11.5 Å². The summed E-state index contributed by atoms with van der Waals surface area (Å²) in [4.78, 5) is 12.4. The van der Waals surface area contributed by atoms with Crippen LogP contribution in [0.1, 0.15) is 41.5 Å². The molecule has 0 radical (unpaired) electrons. The monoisotopic (exact) mass is 257 g/mol. The van der Waals surface area contributed by atoms with Gasteiger partial charge < -0.3 is 10.4 Å². The predicted octanol–water partition coefficient (Wildman–Crippen LogP) is 0.457. The van der Waals surface area contributed by atoms with E-state index >= 15 is 0 Å². The van der Waals surface area contributed by atoms with E-state index in [1.54, 1.807) is 12.2 Å². The van der Waals surface area contributed by atoms with Crippen LogP contribution in [-0.2, 0) is 4.79 Å². The van der Waals surface area contributed by atoms with Gasteiger partial charge in [-0.25, -0.2) is 0 Å². The van der Waals surface area contributed by atoms with E-state index < -0.39 is 0 Å². The van der Waals surface area contributed by atoms with Gasteiger partial charge in [0.25, 0.3) is 0 Å². The molecule has 0 aromatic heterocycles. The van der Waals surface area contributed by atoms with Crippen molar-refractivity contribution in [1.82, 2.24) is 0 Å². The first-order valence-electron chi connectivity index (χ1n) is 5.77. The maximum Gasteiger partial charge on any atom is 1.00 e. The molecule has 18 heavy (non-hydrogen) atoms. The van der Waals surface area contributed by atoms with Gasteiger partial charge in [0.2, 0.25) is 0 Å². The Morgan fingerprint density at radius 1 is 0.944 bits per heavy atom. The minimum Gasteiger partial charge on any atom is -0.792 e. The number of nitrogens with zero attached hydrogens (tertiary/aromatic N) is 1. The quantitative estimate of drug-likeness (QED) is 0.359. The second-order valence-corrected chi connectivity index (χ2v) is 6.46. The molecule has 0 aliphatic heterocycles. The van der Waals surface area contributed by atoms with Gasteiger partial charge in [0.05, 0.1) is 5.71 Å². The molecule has 0 N–H and O–H groups in total. The normalized spacial score (nSPS) is 16.8. The van der Waals surface area contributed by atoms with Crippen LogP contribution in [0.2, 0.25) is 0 Å². The molecule has 0 saturated carbocycles. The molecular weight excluding hydrogens is 237 g/mol. The van der Waals surface area contributed by atoms with Crippen LogP contribution in [0.25, 0.3) is 0 Å². The Morgan fingerprint density at radius 2 is 1.28 bits per heavy atom. The average molecular weight is 257 g/mol. The number of hydrogen-bond acceptors (Lipinski definition) is 3. The van der Waals surface area contributed by atoms with E-state index in [9.17, 15) is 10.0 Å². The molecule has 94 valence electrons. The first-order valence-corrected chi connectivity index (χ1v) is 5.77. The van der Waals surface area contributed by atoms with Crippen molar-refractivity contribution in [2.45, 2.75) is 41.5 Å². The molecule has 1 rings (SSSR count). The van der Waals surface area contributed by atoms with E-state index in [2.05, 4.69) is 5.16 Å². The fourth-order valence-electron chi connectivity index (χ4n) is 1.78. The molecule has 0 atom stereocenters. The van der Waals surface area contributed by atoms with Crippen LogP contribution in [0.5, 0.6) is 0 Å². The van der Waals surface area contributed by atoms with Crippen molar-refractivity contribution in [2.24, 2.45) is 16.0 Å². The third kappa shape index (κ3) is 3.81. The van der Waals surface area contributed by atoms with E-state index in [0.717, 1.165) is 0 Å². The van der Waals surface area contributed by atoms with E-state index in [1.165, 1.54) is 0 Å². The van der Waals surface area contributed by atoms with Gasteiger partial charge in [0.1, 0.15) is 0 Å². The van der Waals surface area contributed by atoms with E-state index in [1.807, 2.05) is 41.5 Å². The van der Waals surface area contributed by atoms with Gasteiger partial charge in [-0.1, -0.05) is 41.5 Å². The van der Waals surface area contributed by atoms with Crippen molar-refractivity contribution >= 4 is 11.5 Å². The van der Waals surface area contributed by atoms with Gasteiger partial charge in [-0.3, -0.25) is 4.79 Å². The van der Waals surface area contributed by atoms with Crippen LogP contribution < -0.4 is 29.6 Å². The van der Waals surface area contributed by atoms with Crippen LogP contribution >= 0.6 is 0 Å². The number of ketones is 1. The number of carbonyl (C=O) groups excluding carboxylic acids is 1. The molecule has 0 saturated heterocycles. The predicted molar refractivity (Wildman–Crippen MR) is 70.9 cm³/mol. The molecule has 0 fully saturated rings. The van der Waals surface area contributed by atoms with Crippen molar-refractivity contribution in [3.8, 4) is 0 Å². The van der Waals surface area contributed by atoms with Crippen LogP contribution in [0.3, 0.4) is 0 Å². The molecule has 4 heteroatoms. The molecular formula is C14H20NNaO2. The minimum atomic E-state index is -0.280. The Balaban J connectivity index is 0.00000289. The maximum absolute atomic E-state index is 12.4. The zero-order chi connectivity index (χ0) is 13.4. The third-order valence-corrected chi connectivity index (χ3v) is 2.80. The summed E-state index contributed by atoms with van der Waals surface area (Å²) in [5.74, 6) is 0.0254. The molecule has 0 spiro atoms. The van der Waals surface area contributed by atoms with E-state index in [0.29, 0.717) is 16.9 Å². The van der Waals surface area contributed by atoms with Gasteiger partial charge in [-0.05, 0) is 23.0 Å². The average Bonchev–Trinajstić information content (AvgIpc) is 2.14. The Morgan fingerprint density at radius 3 is 1.50 bits per heavy atom. The summed E-state index contributed by atoms with van der Waals surface area (Å²) in [6, 6.07) is 0. The smallest absolute Gasteiger partial charge is 0.792 e. The standard InChI is InChI=1S/C14H21NO2.Na/c1-13(2,3)10-7-9(15-17)8-11(12(10)16)14(4,5)6;/h7-8,17H,1-6H3;/q;+1/p-1. The fourth-order valence-corrected chi connectivity index (χ4v) is 1.78. The molecule has 0 heterocycles. The van der Waals surface area contributed by atoms with E-state index in [-0.39, 0.29) is 46.2 Å². The molecule has 0 aromatic rings. The zero-order valence-electron chi connectivity index (χ0n) is 12.4. The Bertz CT molecular complexity index is 396. The van der Waals surface area contributed by atoms with E-state index in [4.69, 9.17) is 0 Å². The summed E-state index contributed by atoms with van der Waals surface area (Å²) in [5, 5.41) is 13.7.